The van der Waals surface area contributed by atoms with Gasteiger partial charge < -0.3 is 10.1 Å². The second-order valence-electron chi connectivity index (χ2n) is 2.86. The van der Waals surface area contributed by atoms with Crippen LogP contribution in [0.2, 0.25) is 0 Å². The average molecular weight is 209 g/mol. The summed E-state index contributed by atoms with van der Waals surface area (Å²) in [6.45, 7) is 3.57. The van der Waals surface area contributed by atoms with E-state index in [2.05, 4.69) is 10.1 Å². The van der Waals surface area contributed by atoms with Crippen LogP contribution in [-0.4, -0.2) is 39.2 Å². The molecule has 0 aliphatic carbocycles. The Morgan fingerprint density at radius 3 is 2.46 bits per heavy atom. The van der Waals surface area contributed by atoms with Gasteiger partial charge in [0, 0.05) is 12.3 Å². The normalized spacial score (nSPS) is 13.5. The zero-order valence-electron chi connectivity index (χ0n) is 8.03. The number of carbonyl (C=O) groups is 1. The topological polar surface area (TPSA) is 72.5 Å². The summed E-state index contributed by atoms with van der Waals surface area (Å²) in [6.07, 6.45) is 0.537. The SMILES string of the molecule is CCOC(=O)NC(C)CS(C)(=O)=O. The van der Waals surface area contributed by atoms with Gasteiger partial charge in [-0.15, -0.1) is 0 Å². The number of alkyl carbamates (subject to hydrolysis) is 1. The largest absolute Gasteiger partial charge is 0.450 e. The van der Waals surface area contributed by atoms with Crippen molar-refractivity contribution in [1.29, 1.82) is 0 Å². The first-order chi connectivity index (χ1) is 5.85. The molecule has 0 aromatic heterocycles. The molecule has 6 heteroatoms. The van der Waals surface area contributed by atoms with Crippen molar-refractivity contribution in [3.8, 4) is 0 Å². The number of amides is 1. The number of nitrogens with one attached hydrogen (secondary N) is 1. The molecule has 0 radical (unpaired) electrons. The van der Waals surface area contributed by atoms with Gasteiger partial charge in [-0.1, -0.05) is 0 Å². The summed E-state index contributed by atoms with van der Waals surface area (Å²) in [5.41, 5.74) is 0. The third-order valence-corrected chi connectivity index (χ3v) is 2.30. The molecule has 0 bridgehead atoms. The van der Waals surface area contributed by atoms with Gasteiger partial charge in [0.05, 0.1) is 12.4 Å². The molecule has 13 heavy (non-hydrogen) atoms. The molecule has 0 aromatic carbocycles. The third kappa shape index (κ3) is 7.58. The monoisotopic (exact) mass is 209 g/mol. The molecule has 1 unspecified atom stereocenters. The van der Waals surface area contributed by atoms with Crippen LogP contribution in [0.3, 0.4) is 0 Å². The van der Waals surface area contributed by atoms with Crippen molar-refractivity contribution < 1.29 is 17.9 Å². The summed E-state index contributed by atoms with van der Waals surface area (Å²) in [5, 5.41) is 2.40. The summed E-state index contributed by atoms with van der Waals surface area (Å²) < 4.78 is 26.2. The van der Waals surface area contributed by atoms with E-state index in [-0.39, 0.29) is 12.4 Å². The van der Waals surface area contributed by atoms with Crippen LogP contribution in [0.15, 0.2) is 0 Å². The molecule has 0 saturated heterocycles. The van der Waals surface area contributed by atoms with E-state index >= 15 is 0 Å². The van der Waals surface area contributed by atoms with Crippen LogP contribution in [0.1, 0.15) is 13.8 Å². The van der Waals surface area contributed by atoms with Crippen LogP contribution in [0.4, 0.5) is 4.79 Å². The van der Waals surface area contributed by atoms with E-state index in [1.165, 1.54) is 0 Å². The van der Waals surface area contributed by atoms with Crippen molar-refractivity contribution in [2.45, 2.75) is 19.9 Å². The first kappa shape index (κ1) is 12.2. The van der Waals surface area contributed by atoms with Gasteiger partial charge in [-0.05, 0) is 13.8 Å². The van der Waals surface area contributed by atoms with Gasteiger partial charge in [0.1, 0.15) is 9.84 Å². The zero-order valence-corrected chi connectivity index (χ0v) is 8.85. The third-order valence-electron chi connectivity index (χ3n) is 1.19. The van der Waals surface area contributed by atoms with Crippen molar-refractivity contribution in [2.75, 3.05) is 18.6 Å². The molecule has 78 valence electrons. The average Bonchev–Trinajstić information content (AvgIpc) is 1.81. The lowest BCUT2D eigenvalue weighted by molar-refractivity contribution is 0.149. The van der Waals surface area contributed by atoms with E-state index < -0.39 is 22.0 Å². The number of hydrogen-bond donors (Lipinski definition) is 1. The number of hydrogen-bond acceptors (Lipinski definition) is 4. The highest BCUT2D eigenvalue weighted by Crippen LogP contribution is 1.90. The second-order valence-corrected chi connectivity index (χ2v) is 5.04. The standard InChI is InChI=1S/C7H15NO4S/c1-4-12-7(9)8-6(2)5-13(3,10)11/h6H,4-5H2,1-3H3,(H,8,9). The maximum Gasteiger partial charge on any atom is 0.407 e. The smallest absolute Gasteiger partial charge is 0.407 e. The predicted molar refractivity (Wildman–Crippen MR) is 49.3 cm³/mol. The van der Waals surface area contributed by atoms with Crippen LogP contribution in [0.25, 0.3) is 0 Å². The van der Waals surface area contributed by atoms with Crippen molar-refractivity contribution in [3.63, 3.8) is 0 Å². The lowest BCUT2D eigenvalue weighted by Crippen LogP contribution is -2.37. The Balaban J connectivity index is 3.88. The highest BCUT2D eigenvalue weighted by molar-refractivity contribution is 7.90. The summed E-state index contributed by atoms with van der Waals surface area (Å²) in [5.74, 6) is -0.0776. The quantitative estimate of drug-likeness (QED) is 0.716. The molecule has 0 fully saturated rings. The maximum atomic E-state index is 10.8. The van der Waals surface area contributed by atoms with E-state index in [0.29, 0.717) is 0 Å². The fraction of sp³-hybridized carbons (Fsp3) is 0.857. The van der Waals surface area contributed by atoms with E-state index in [4.69, 9.17) is 0 Å². The van der Waals surface area contributed by atoms with Crippen LogP contribution < -0.4 is 5.32 Å². The van der Waals surface area contributed by atoms with Crippen molar-refractivity contribution in [2.24, 2.45) is 0 Å². The first-order valence-corrected chi connectivity index (χ1v) is 6.02. The summed E-state index contributed by atoms with van der Waals surface area (Å²) in [7, 11) is -3.05. The minimum Gasteiger partial charge on any atom is -0.450 e. The van der Waals surface area contributed by atoms with Gasteiger partial charge in [-0.3, -0.25) is 0 Å². The van der Waals surface area contributed by atoms with Gasteiger partial charge in [-0.25, -0.2) is 13.2 Å². The molecule has 1 atom stereocenters. The highest BCUT2D eigenvalue weighted by Gasteiger charge is 2.12. The van der Waals surface area contributed by atoms with E-state index in [1.807, 2.05) is 0 Å². The Morgan fingerprint density at radius 1 is 1.54 bits per heavy atom. The van der Waals surface area contributed by atoms with Crippen LogP contribution in [0, 0.1) is 0 Å². The number of sulfone groups is 1. The molecule has 0 heterocycles. The Hall–Kier alpha value is -0.780. The van der Waals surface area contributed by atoms with Crippen LogP contribution in [-0.2, 0) is 14.6 Å². The molecule has 0 aromatic rings. The molecule has 0 rings (SSSR count). The van der Waals surface area contributed by atoms with Crippen LogP contribution >= 0.6 is 0 Å². The zero-order chi connectivity index (χ0) is 10.5. The maximum absolute atomic E-state index is 10.8. The van der Waals surface area contributed by atoms with Crippen molar-refractivity contribution >= 4 is 15.9 Å². The van der Waals surface area contributed by atoms with Crippen molar-refractivity contribution in [1.82, 2.24) is 5.32 Å². The van der Waals surface area contributed by atoms with Crippen molar-refractivity contribution in [3.05, 3.63) is 0 Å². The Kier molecular flexibility index (Phi) is 4.76. The summed E-state index contributed by atoms with van der Waals surface area (Å²) in [4.78, 5) is 10.8. The molecule has 0 spiro atoms. The van der Waals surface area contributed by atoms with Gasteiger partial charge >= 0.3 is 6.09 Å². The fourth-order valence-electron chi connectivity index (χ4n) is 0.870. The van der Waals surface area contributed by atoms with Gasteiger partial charge in [-0.2, -0.15) is 0 Å². The molecule has 1 N–H and O–H groups in total. The highest BCUT2D eigenvalue weighted by atomic mass is 32.2. The van der Waals surface area contributed by atoms with E-state index in [1.54, 1.807) is 13.8 Å². The lowest BCUT2D eigenvalue weighted by atomic mass is 10.4. The van der Waals surface area contributed by atoms with E-state index in [0.717, 1.165) is 6.26 Å². The second kappa shape index (κ2) is 5.06. The Labute approximate surface area is 78.4 Å². The minimum atomic E-state index is -3.05. The molecule has 0 aliphatic heterocycles. The molecule has 0 saturated carbocycles. The molecule has 5 nitrogen and oxygen atoms in total. The molecular weight excluding hydrogens is 194 g/mol. The lowest BCUT2D eigenvalue weighted by Gasteiger charge is -2.11. The minimum absolute atomic E-state index is 0.0776. The molecule has 0 aliphatic rings. The number of carbonyl (C=O) groups excluding carboxylic acids is 1. The summed E-state index contributed by atoms with van der Waals surface area (Å²) in [6, 6.07) is -0.422. The Bertz CT molecular complexity index is 260. The van der Waals surface area contributed by atoms with E-state index in [9.17, 15) is 13.2 Å². The number of rotatable bonds is 4. The van der Waals surface area contributed by atoms with Gasteiger partial charge in [0.15, 0.2) is 0 Å². The molecule has 1 amide bonds. The summed E-state index contributed by atoms with van der Waals surface area (Å²) >= 11 is 0. The number of ether oxygens (including phenoxy) is 1. The predicted octanol–water partition coefficient (Wildman–Crippen LogP) is 0.166. The fourth-order valence-corrected chi connectivity index (χ4v) is 1.86. The molecular formula is C7H15NO4S. The van der Waals surface area contributed by atoms with Gasteiger partial charge in [0.2, 0.25) is 0 Å². The van der Waals surface area contributed by atoms with Gasteiger partial charge in [0.25, 0.3) is 0 Å². The Morgan fingerprint density at radius 2 is 2.08 bits per heavy atom. The van der Waals surface area contributed by atoms with Crippen LogP contribution in [0.5, 0.6) is 0 Å². The first-order valence-electron chi connectivity index (χ1n) is 3.96.